The van der Waals surface area contributed by atoms with Gasteiger partial charge in [-0.2, -0.15) is 0 Å². The van der Waals surface area contributed by atoms with E-state index in [1.165, 1.54) is 4.57 Å². The standard InChI is InChI=1S/C21H17N3O2S/c1-15-8-7-12-18-19(15)20(25)24(17-10-3-2-4-11-17)21(23-18)27(26)14-16-9-5-6-13-22-16/h2-13H,14H2,1H3. The Morgan fingerprint density at radius 3 is 2.48 bits per heavy atom. The van der Waals surface area contributed by atoms with Gasteiger partial charge in [0.1, 0.15) is 0 Å². The Hall–Kier alpha value is -3.12. The first-order valence-corrected chi connectivity index (χ1v) is 9.83. The summed E-state index contributed by atoms with van der Waals surface area (Å²) in [6.45, 7) is 1.88. The number of benzene rings is 2. The first-order chi connectivity index (χ1) is 13.1. The normalized spacial score (nSPS) is 12.2. The Balaban J connectivity index is 1.96. The molecule has 1 atom stereocenters. The Morgan fingerprint density at radius 2 is 1.74 bits per heavy atom. The summed E-state index contributed by atoms with van der Waals surface area (Å²) in [7, 11) is -1.53. The fourth-order valence-electron chi connectivity index (χ4n) is 3.02. The third kappa shape index (κ3) is 3.31. The predicted molar refractivity (Wildman–Crippen MR) is 106 cm³/mol. The minimum absolute atomic E-state index is 0.192. The van der Waals surface area contributed by atoms with E-state index in [1.54, 1.807) is 12.3 Å². The molecule has 4 rings (SSSR count). The van der Waals surface area contributed by atoms with E-state index >= 15 is 0 Å². The third-order valence-corrected chi connectivity index (χ3v) is 5.54. The first kappa shape index (κ1) is 17.3. The molecule has 0 saturated heterocycles. The van der Waals surface area contributed by atoms with Gasteiger partial charge in [0.2, 0.25) is 5.16 Å². The van der Waals surface area contributed by atoms with Gasteiger partial charge < -0.3 is 0 Å². The summed E-state index contributed by atoms with van der Waals surface area (Å²) in [6, 6.07) is 20.2. The highest BCUT2D eigenvalue weighted by atomic mass is 32.2. The molecule has 5 nitrogen and oxygen atoms in total. The maximum absolute atomic E-state index is 13.3. The third-order valence-electron chi connectivity index (χ3n) is 4.30. The van der Waals surface area contributed by atoms with Crippen molar-refractivity contribution in [2.75, 3.05) is 0 Å². The van der Waals surface area contributed by atoms with E-state index in [0.717, 1.165) is 5.56 Å². The van der Waals surface area contributed by atoms with Gasteiger partial charge in [-0.1, -0.05) is 36.4 Å². The van der Waals surface area contributed by atoms with Crippen LogP contribution in [0.4, 0.5) is 0 Å². The molecular weight excluding hydrogens is 358 g/mol. The van der Waals surface area contributed by atoms with Crippen LogP contribution in [-0.2, 0) is 16.6 Å². The average Bonchev–Trinajstić information content (AvgIpc) is 2.69. The molecule has 0 spiro atoms. The second-order valence-electron chi connectivity index (χ2n) is 6.15. The molecule has 0 saturated carbocycles. The summed E-state index contributed by atoms with van der Waals surface area (Å²) < 4.78 is 14.6. The number of rotatable bonds is 4. The lowest BCUT2D eigenvalue weighted by molar-refractivity contribution is 0.666. The molecule has 0 aliphatic carbocycles. The highest BCUT2D eigenvalue weighted by molar-refractivity contribution is 7.84. The number of aryl methyl sites for hydroxylation is 1. The summed E-state index contributed by atoms with van der Waals surface area (Å²) in [5.74, 6) is 0.192. The van der Waals surface area contributed by atoms with Crippen molar-refractivity contribution in [1.29, 1.82) is 0 Å². The molecule has 0 N–H and O–H groups in total. The largest absolute Gasteiger partial charge is 0.268 e. The zero-order chi connectivity index (χ0) is 18.8. The maximum atomic E-state index is 13.3. The van der Waals surface area contributed by atoms with E-state index < -0.39 is 10.8 Å². The smallest absolute Gasteiger partial charge is 0.266 e. The van der Waals surface area contributed by atoms with Crippen LogP contribution in [-0.4, -0.2) is 18.7 Å². The molecule has 0 aliphatic heterocycles. The number of aromatic nitrogens is 3. The van der Waals surface area contributed by atoms with E-state index in [9.17, 15) is 9.00 Å². The number of hydrogen-bond acceptors (Lipinski definition) is 4. The SMILES string of the molecule is Cc1cccc2nc(S(=O)Cc3ccccn3)n(-c3ccccc3)c(=O)c12. The topological polar surface area (TPSA) is 64.8 Å². The minimum Gasteiger partial charge on any atom is -0.268 e. The number of nitrogens with zero attached hydrogens (tertiary/aromatic N) is 3. The maximum Gasteiger partial charge on any atom is 0.266 e. The van der Waals surface area contributed by atoms with Gasteiger partial charge in [0, 0.05) is 6.20 Å². The second kappa shape index (κ2) is 7.25. The minimum atomic E-state index is -1.53. The predicted octanol–water partition coefficient (Wildman–Crippen LogP) is 3.40. The Morgan fingerprint density at radius 1 is 0.963 bits per heavy atom. The fourth-order valence-corrected chi connectivity index (χ4v) is 4.18. The van der Waals surface area contributed by atoms with Gasteiger partial charge in [-0.25, -0.2) is 4.98 Å². The zero-order valence-corrected chi connectivity index (χ0v) is 15.5. The molecule has 2 aromatic carbocycles. The summed E-state index contributed by atoms with van der Waals surface area (Å²) in [6.07, 6.45) is 1.66. The number of pyridine rings is 1. The van der Waals surface area contributed by atoms with Crippen LogP contribution in [0, 0.1) is 6.92 Å². The van der Waals surface area contributed by atoms with Crippen molar-refractivity contribution in [3.8, 4) is 5.69 Å². The van der Waals surface area contributed by atoms with Crippen LogP contribution in [0.5, 0.6) is 0 Å². The monoisotopic (exact) mass is 375 g/mol. The van der Waals surface area contributed by atoms with Gasteiger partial charge in [0.25, 0.3) is 5.56 Å². The van der Waals surface area contributed by atoms with Crippen molar-refractivity contribution in [2.24, 2.45) is 0 Å². The van der Waals surface area contributed by atoms with Gasteiger partial charge in [-0.15, -0.1) is 0 Å². The summed E-state index contributed by atoms with van der Waals surface area (Å²) >= 11 is 0. The van der Waals surface area contributed by atoms with E-state index in [0.29, 0.717) is 22.3 Å². The fraction of sp³-hybridized carbons (Fsp3) is 0.0952. The highest BCUT2D eigenvalue weighted by Crippen LogP contribution is 2.19. The molecule has 2 heterocycles. The van der Waals surface area contributed by atoms with Gasteiger partial charge in [-0.3, -0.25) is 18.6 Å². The van der Waals surface area contributed by atoms with Crippen molar-refractivity contribution < 1.29 is 4.21 Å². The van der Waals surface area contributed by atoms with Gasteiger partial charge in [0.05, 0.1) is 38.8 Å². The van der Waals surface area contributed by atoms with Crippen LogP contribution in [0.2, 0.25) is 0 Å². The molecule has 1 unspecified atom stereocenters. The summed E-state index contributed by atoms with van der Waals surface area (Å²) in [5.41, 5.74) is 2.51. The van der Waals surface area contributed by atoms with Crippen molar-refractivity contribution in [1.82, 2.24) is 14.5 Å². The first-order valence-electron chi connectivity index (χ1n) is 8.51. The van der Waals surface area contributed by atoms with Gasteiger partial charge in [-0.05, 0) is 42.8 Å². The Labute approximate surface area is 158 Å². The number of hydrogen-bond donors (Lipinski definition) is 0. The van der Waals surface area contributed by atoms with Crippen molar-refractivity contribution in [3.05, 3.63) is 94.5 Å². The lowest BCUT2D eigenvalue weighted by Gasteiger charge is -2.14. The van der Waals surface area contributed by atoms with Crippen LogP contribution in [0.3, 0.4) is 0 Å². The zero-order valence-electron chi connectivity index (χ0n) is 14.7. The van der Waals surface area contributed by atoms with Crippen molar-refractivity contribution >= 4 is 21.7 Å². The van der Waals surface area contributed by atoms with Crippen molar-refractivity contribution in [3.63, 3.8) is 0 Å². The van der Waals surface area contributed by atoms with Crippen LogP contribution in [0.1, 0.15) is 11.3 Å². The molecule has 0 aliphatic rings. The molecule has 0 amide bonds. The second-order valence-corrected chi connectivity index (χ2v) is 7.50. The Kier molecular flexibility index (Phi) is 4.64. The van der Waals surface area contributed by atoms with E-state index in [2.05, 4.69) is 9.97 Å². The van der Waals surface area contributed by atoms with E-state index in [4.69, 9.17) is 0 Å². The number of para-hydroxylation sites is 1. The highest BCUT2D eigenvalue weighted by Gasteiger charge is 2.19. The molecule has 2 aromatic heterocycles. The van der Waals surface area contributed by atoms with Crippen LogP contribution >= 0.6 is 0 Å². The lowest BCUT2D eigenvalue weighted by atomic mass is 10.1. The van der Waals surface area contributed by atoms with Crippen molar-refractivity contribution in [2.45, 2.75) is 17.8 Å². The molecular formula is C21H17N3O2S. The molecule has 27 heavy (non-hydrogen) atoms. The van der Waals surface area contributed by atoms with Crippen LogP contribution in [0.15, 0.2) is 82.9 Å². The summed E-state index contributed by atoms with van der Waals surface area (Å²) in [5, 5.41) is 0.773. The molecule has 0 bridgehead atoms. The van der Waals surface area contributed by atoms with E-state index in [-0.39, 0.29) is 16.5 Å². The molecule has 134 valence electrons. The molecule has 6 heteroatoms. The molecule has 0 radical (unpaired) electrons. The molecule has 0 fully saturated rings. The Bertz CT molecular complexity index is 1190. The van der Waals surface area contributed by atoms with Crippen LogP contribution < -0.4 is 5.56 Å². The lowest BCUT2D eigenvalue weighted by Crippen LogP contribution is -2.25. The van der Waals surface area contributed by atoms with E-state index in [1.807, 2.05) is 67.6 Å². The summed E-state index contributed by atoms with van der Waals surface area (Å²) in [4.78, 5) is 22.1. The average molecular weight is 375 g/mol. The van der Waals surface area contributed by atoms with Gasteiger partial charge >= 0.3 is 0 Å². The van der Waals surface area contributed by atoms with Gasteiger partial charge in [0.15, 0.2) is 0 Å². The van der Waals surface area contributed by atoms with Crippen LogP contribution in [0.25, 0.3) is 16.6 Å². The quantitative estimate of drug-likeness (QED) is 0.513. The number of fused-ring (bicyclic) bond motifs is 1. The molecule has 4 aromatic rings.